The van der Waals surface area contributed by atoms with E-state index >= 15 is 0 Å². The van der Waals surface area contributed by atoms with E-state index in [1.54, 1.807) is 12.1 Å². The Hall–Kier alpha value is -3.37. The molecule has 7 heteroatoms. The molecule has 4 rings (SSSR count). The van der Waals surface area contributed by atoms with E-state index in [-0.39, 0.29) is 11.2 Å². The number of carbonyl (C=O) groups is 2. The molecule has 172 valence electrons. The van der Waals surface area contributed by atoms with Crippen molar-refractivity contribution in [1.29, 1.82) is 0 Å². The van der Waals surface area contributed by atoms with Gasteiger partial charge in [-0.05, 0) is 60.8 Å². The van der Waals surface area contributed by atoms with Crippen molar-refractivity contribution in [3.8, 4) is 12.3 Å². The standard InChI is InChI=1S/C26H29N3O4/c1-4-19-16-27-22(28-19)23(30)29-21-6-5-18(26(24(31)32)11-13-33-14-12-26)15-20(21)17-7-9-25(2,3)10-8-17/h1,5-7,15-16H,8-14H2,2-3H3,(H,27,28)(H,29,30)(H,31,32). The zero-order chi connectivity index (χ0) is 23.6. The van der Waals surface area contributed by atoms with Crippen molar-refractivity contribution < 1.29 is 19.4 Å². The molecule has 1 saturated heterocycles. The van der Waals surface area contributed by atoms with Crippen molar-refractivity contribution >= 4 is 23.1 Å². The van der Waals surface area contributed by atoms with Crippen LogP contribution in [-0.4, -0.2) is 40.2 Å². The van der Waals surface area contributed by atoms with E-state index < -0.39 is 17.3 Å². The molecule has 3 N–H and O–H groups in total. The summed E-state index contributed by atoms with van der Waals surface area (Å²) in [5.74, 6) is 1.31. The lowest BCUT2D eigenvalue weighted by Gasteiger charge is -2.35. The first-order valence-electron chi connectivity index (χ1n) is 11.2. The number of rotatable bonds is 5. The van der Waals surface area contributed by atoms with Crippen molar-refractivity contribution in [2.75, 3.05) is 18.5 Å². The number of H-pyrrole nitrogens is 1. The summed E-state index contributed by atoms with van der Waals surface area (Å²) >= 11 is 0. The van der Waals surface area contributed by atoms with Gasteiger partial charge >= 0.3 is 5.97 Å². The maximum absolute atomic E-state index is 12.8. The molecule has 1 fully saturated rings. The fourth-order valence-corrected chi connectivity index (χ4v) is 4.58. The third kappa shape index (κ3) is 4.57. The maximum atomic E-state index is 12.8. The lowest BCUT2D eigenvalue weighted by molar-refractivity contribution is -0.147. The number of aromatic nitrogens is 2. The molecule has 0 radical (unpaired) electrons. The molecule has 0 bridgehead atoms. The van der Waals surface area contributed by atoms with Gasteiger partial charge in [0.2, 0.25) is 0 Å². The Bertz CT molecular complexity index is 1150. The molecule has 1 aromatic carbocycles. The van der Waals surface area contributed by atoms with Crippen LogP contribution < -0.4 is 5.32 Å². The summed E-state index contributed by atoms with van der Waals surface area (Å²) in [6, 6.07) is 5.55. The number of terminal acetylenes is 1. The predicted molar refractivity (Wildman–Crippen MR) is 126 cm³/mol. The normalized spacial score (nSPS) is 19.2. The van der Waals surface area contributed by atoms with Crippen LogP contribution in [0, 0.1) is 17.8 Å². The molecule has 2 aromatic rings. The zero-order valence-corrected chi connectivity index (χ0v) is 19.0. The van der Waals surface area contributed by atoms with Crippen molar-refractivity contribution in [3.63, 3.8) is 0 Å². The predicted octanol–water partition coefficient (Wildman–Crippen LogP) is 4.37. The van der Waals surface area contributed by atoms with E-state index in [0.717, 1.165) is 36.0 Å². The Morgan fingerprint density at radius 3 is 2.61 bits per heavy atom. The van der Waals surface area contributed by atoms with Crippen molar-refractivity contribution in [1.82, 2.24) is 9.97 Å². The van der Waals surface area contributed by atoms with Gasteiger partial charge in [-0.25, -0.2) is 4.98 Å². The van der Waals surface area contributed by atoms with Crippen LogP contribution in [0.3, 0.4) is 0 Å². The summed E-state index contributed by atoms with van der Waals surface area (Å²) in [7, 11) is 0. The van der Waals surface area contributed by atoms with Gasteiger partial charge in [-0.2, -0.15) is 0 Å². The maximum Gasteiger partial charge on any atom is 0.314 e. The number of allylic oxidation sites excluding steroid dienone is 2. The molecule has 1 aromatic heterocycles. The number of nitrogens with one attached hydrogen (secondary N) is 2. The Morgan fingerprint density at radius 1 is 1.24 bits per heavy atom. The van der Waals surface area contributed by atoms with Crippen LogP contribution >= 0.6 is 0 Å². The molecule has 1 aliphatic heterocycles. The molecule has 0 spiro atoms. The number of carboxylic acids is 1. The third-order valence-corrected chi connectivity index (χ3v) is 6.84. The molecule has 0 saturated carbocycles. The molecular weight excluding hydrogens is 418 g/mol. The largest absolute Gasteiger partial charge is 0.481 e. The number of aliphatic carboxylic acids is 1. The second-order valence-electron chi connectivity index (χ2n) is 9.60. The highest BCUT2D eigenvalue weighted by molar-refractivity contribution is 6.03. The summed E-state index contributed by atoms with van der Waals surface area (Å²) in [6.45, 7) is 5.29. The van der Waals surface area contributed by atoms with Crippen LogP contribution in [-0.2, 0) is 14.9 Å². The smallest absolute Gasteiger partial charge is 0.314 e. The minimum absolute atomic E-state index is 0.128. The van der Waals surface area contributed by atoms with E-state index in [2.05, 4.69) is 41.1 Å². The number of nitrogens with zero attached hydrogens (tertiary/aromatic N) is 1. The number of carboxylic acid groups (broad SMARTS) is 1. The lowest BCUT2D eigenvalue weighted by Crippen LogP contribution is -2.41. The van der Waals surface area contributed by atoms with Gasteiger partial charge in [0.05, 0.1) is 11.6 Å². The molecule has 1 aliphatic carbocycles. The van der Waals surface area contributed by atoms with Gasteiger partial charge in [-0.3, -0.25) is 9.59 Å². The Balaban J connectivity index is 1.74. The molecule has 2 aliphatic rings. The van der Waals surface area contributed by atoms with E-state index in [1.807, 2.05) is 6.07 Å². The van der Waals surface area contributed by atoms with Crippen LogP contribution in [0.25, 0.3) is 5.57 Å². The van der Waals surface area contributed by atoms with Gasteiger partial charge in [-0.15, -0.1) is 6.42 Å². The topological polar surface area (TPSA) is 104 Å². The van der Waals surface area contributed by atoms with Gasteiger partial charge in [0, 0.05) is 24.5 Å². The van der Waals surface area contributed by atoms with Crippen LogP contribution in [0.2, 0.25) is 0 Å². The third-order valence-electron chi connectivity index (χ3n) is 6.84. The van der Waals surface area contributed by atoms with Crippen LogP contribution in [0.1, 0.15) is 73.4 Å². The first-order chi connectivity index (χ1) is 15.7. The Labute approximate surface area is 193 Å². The first-order valence-corrected chi connectivity index (χ1v) is 11.2. The highest BCUT2D eigenvalue weighted by Gasteiger charge is 2.42. The molecular formula is C26H29N3O4. The van der Waals surface area contributed by atoms with Gasteiger partial charge in [-0.1, -0.05) is 31.9 Å². The number of carbonyl (C=O) groups excluding carboxylic acids is 1. The highest BCUT2D eigenvalue weighted by Crippen LogP contribution is 2.43. The van der Waals surface area contributed by atoms with E-state index in [1.165, 1.54) is 6.20 Å². The molecule has 2 heterocycles. The van der Waals surface area contributed by atoms with Gasteiger partial charge in [0.15, 0.2) is 5.82 Å². The number of ether oxygens (including phenoxy) is 1. The van der Waals surface area contributed by atoms with Gasteiger partial charge in [0.1, 0.15) is 5.69 Å². The van der Waals surface area contributed by atoms with Crippen molar-refractivity contribution in [2.24, 2.45) is 5.41 Å². The molecule has 0 unspecified atom stereocenters. The van der Waals surface area contributed by atoms with Crippen molar-refractivity contribution in [3.05, 3.63) is 53.1 Å². The number of anilines is 1. The van der Waals surface area contributed by atoms with E-state index in [0.29, 0.717) is 37.4 Å². The fraction of sp³-hybridized carbons (Fsp3) is 0.423. The number of hydrogen-bond donors (Lipinski definition) is 3. The minimum atomic E-state index is -0.993. The van der Waals surface area contributed by atoms with Gasteiger partial charge in [0.25, 0.3) is 5.91 Å². The summed E-state index contributed by atoms with van der Waals surface area (Å²) in [5.41, 5.74) is 2.98. The summed E-state index contributed by atoms with van der Waals surface area (Å²) in [4.78, 5) is 32.1. The number of aromatic amines is 1. The van der Waals surface area contributed by atoms with Crippen LogP contribution in [0.4, 0.5) is 5.69 Å². The molecule has 0 atom stereocenters. The van der Waals surface area contributed by atoms with Crippen LogP contribution in [0.15, 0.2) is 30.5 Å². The second kappa shape index (κ2) is 8.87. The monoisotopic (exact) mass is 447 g/mol. The molecule has 7 nitrogen and oxygen atoms in total. The Morgan fingerprint density at radius 2 is 2.00 bits per heavy atom. The van der Waals surface area contributed by atoms with Crippen LogP contribution in [0.5, 0.6) is 0 Å². The minimum Gasteiger partial charge on any atom is -0.481 e. The summed E-state index contributed by atoms with van der Waals surface area (Å²) in [5, 5.41) is 13.1. The number of amides is 1. The first kappa shape index (κ1) is 22.8. The average molecular weight is 448 g/mol. The lowest BCUT2D eigenvalue weighted by atomic mass is 9.72. The fourth-order valence-electron chi connectivity index (χ4n) is 4.58. The number of benzene rings is 1. The Kier molecular flexibility index (Phi) is 6.13. The van der Waals surface area contributed by atoms with Gasteiger partial charge < -0.3 is 20.1 Å². The number of hydrogen-bond acceptors (Lipinski definition) is 4. The highest BCUT2D eigenvalue weighted by atomic mass is 16.5. The molecule has 1 amide bonds. The summed E-state index contributed by atoms with van der Waals surface area (Å²) in [6.07, 6.45) is 12.6. The van der Waals surface area contributed by atoms with E-state index in [9.17, 15) is 14.7 Å². The van der Waals surface area contributed by atoms with Crippen molar-refractivity contribution in [2.45, 2.75) is 51.4 Å². The number of imidazole rings is 1. The van der Waals surface area contributed by atoms with E-state index in [4.69, 9.17) is 11.2 Å². The molecule has 33 heavy (non-hydrogen) atoms. The quantitative estimate of drug-likeness (QED) is 0.591. The second-order valence-corrected chi connectivity index (χ2v) is 9.60. The zero-order valence-electron chi connectivity index (χ0n) is 19.0. The SMILES string of the molecule is C#Cc1cnc(C(=O)Nc2ccc(C3(C(=O)O)CCOCC3)cc2C2=CCC(C)(C)CC2)[nH]1. The average Bonchev–Trinajstić information content (AvgIpc) is 3.29. The summed E-state index contributed by atoms with van der Waals surface area (Å²) < 4.78 is 5.45.